The zero-order chi connectivity index (χ0) is 20.5. The number of fused-ring (bicyclic) bond motifs is 1. The standard InChI is InChI=1S/C19H22FN5O3S/c1-12(26)21-6-15-9-25(19(27)28-15)14-3-4-18(16(20)5-14)23-7-13-8-24(11-29-2)22-17(13)10-23/h3-5,8,15H,6-7,9-11H2,1-2H3,(H,21,26)/t15-/m0/s1. The van der Waals surface area contributed by atoms with E-state index in [0.717, 1.165) is 17.1 Å². The van der Waals surface area contributed by atoms with E-state index in [2.05, 4.69) is 10.4 Å². The van der Waals surface area contributed by atoms with Crippen LogP contribution in [0.3, 0.4) is 0 Å². The maximum atomic E-state index is 14.9. The number of nitrogens with one attached hydrogen (secondary N) is 1. The molecule has 29 heavy (non-hydrogen) atoms. The number of hydrogen-bond acceptors (Lipinski definition) is 6. The summed E-state index contributed by atoms with van der Waals surface area (Å²) in [6.45, 7) is 3.05. The molecule has 0 aliphatic carbocycles. The smallest absolute Gasteiger partial charge is 0.414 e. The van der Waals surface area contributed by atoms with Gasteiger partial charge in [-0.1, -0.05) is 0 Å². The molecular weight excluding hydrogens is 397 g/mol. The Hall–Kier alpha value is -2.75. The van der Waals surface area contributed by atoms with Crippen molar-refractivity contribution in [2.75, 3.05) is 29.1 Å². The number of amides is 2. The minimum atomic E-state index is -0.545. The molecule has 1 saturated heterocycles. The van der Waals surface area contributed by atoms with Crippen molar-refractivity contribution in [2.45, 2.75) is 32.0 Å². The van der Waals surface area contributed by atoms with Crippen molar-refractivity contribution in [3.8, 4) is 0 Å². The molecule has 3 heterocycles. The van der Waals surface area contributed by atoms with Crippen LogP contribution in [0, 0.1) is 5.82 Å². The maximum Gasteiger partial charge on any atom is 0.414 e. The first-order chi connectivity index (χ1) is 13.9. The third kappa shape index (κ3) is 4.02. The van der Waals surface area contributed by atoms with E-state index in [1.54, 1.807) is 23.9 Å². The fourth-order valence-corrected chi connectivity index (χ4v) is 3.99. The lowest BCUT2D eigenvalue weighted by Gasteiger charge is -2.21. The van der Waals surface area contributed by atoms with E-state index in [1.165, 1.54) is 17.9 Å². The van der Waals surface area contributed by atoms with Crippen molar-refractivity contribution in [3.05, 3.63) is 41.5 Å². The van der Waals surface area contributed by atoms with Crippen LogP contribution in [0.15, 0.2) is 24.4 Å². The van der Waals surface area contributed by atoms with E-state index < -0.39 is 18.0 Å². The van der Waals surface area contributed by atoms with Gasteiger partial charge in [0.15, 0.2) is 0 Å². The average Bonchev–Trinajstić information content (AvgIpc) is 3.33. The molecule has 2 aliphatic heterocycles. The predicted molar refractivity (Wildman–Crippen MR) is 108 cm³/mol. The predicted octanol–water partition coefficient (Wildman–Crippen LogP) is 2.32. The molecule has 1 N–H and O–H groups in total. The summed E-state index contributed by atoms with van der Waals surface area (Å²) in [5.74, 6) is 0.203. The lowest BCUT2D eigenvalue weighted by molar-refractivity contribution is -0.119. The summed E-state index contributed by atoms with van der Waals surface area (Å²) in [7, 11) is 0. The van der Waals surface area contributed by atoms with Gasteiger partial charge >= 0.3 is 6.09 Å². The number of hydrogen-bond donors (Lipinski definition) is 1. The first-order valence-corrected chi connectivity index (χ1v) is 10.6. The van der Waals surface area contributed by atoms with Crippen molar-refractivity contribution < 1.29 is 18.7 Å². The minimum Gasteiger partial charge on any atom is -0.442 e. The summed E-state index contributed by atoms with van der Waals surface area (Å²) in [6, 6.07) is 4.74. The van der Waals surface area contributed by atoms with E-state index in [-0.39, 0.29) is 19.0 Å². The number of halogens is 1. The molecule has 2 aromatic rings. The van der Waals surface area contributed by atoms with Crippen LogP contribution in [0.1, 0.15) is 18.2 Å². The van der Waals surface area contributed by atoms with Crippen molar-refractivity contribution in [1.82, 2.24) is 15.1 Å². The first-order valence-electron chi connectivity index (χ1n) is 9.26. The van der Waals surface area contributed by atoms with E-state index >= 15 is 0 Å². The largest absolute Gasteiger partial charge is 0.442 e. The highest BCUT2D eigenvalue weighted by Crippen LogP contribution is 2.32. The number of rotatable bonds is 6. The maximum absolute atomic E-state index is 14.9. The highest BCUT2D eigenvalue weighted by atomic mass is 32.2. The van der Waals surface area contributed by atoms with Crippen molar-refractivity contribution >= 4 is 35.1 Å². The second kappa shape index (κ2) is 7.94. The van der Waals surface area contributed by atoms with Gasteiger partial charge in [-0.2, -0.15) is 5.10 Å². The molecule has 0 spiro atoms. The second-order valence-electron chi connectivity index (χ2n) is 7.10. The van der Waals surface area contributed by atoms with Crippen LogP contribution >= 0.6 is 11.8 Å². The number of thioether (sulfide) groups is 1. The number of cyclic esters (lactones) is 1. The third-order valence-electron chi connectivity index (χ3n) is 4.92. The Balaban J connectivity index is 1.44. The molecule has 8 nitrogen and oxygen atoms in total. The number of nitrogens with zero attached hydrogens (tertiary/aromatic N) is 4. The highest BCUT2D eigenvalue weighted by Gasteiger charge is 2.33. The van der Waals surface area contributed by atoms with Crippen LogP contribution in [0.4, 0.5) is 20.6 Å². The lowest BCUT2D eigenvalue weighted by Crippen LogP contribution is -2.33. The number of benzene rings is 1. The molecule has 0 bridgehead atoms. The molecule has 10 heteroatoms. The van der Waals surface area contributed by atoms with Crippen LogP contribution in [0.25, 0.3) is 0 Å². The zero-order valence-electron chi connectivity index (χ0n) is 16.2. The lowest BCUT2D eigenvalue weighted by atomic mass is 10.2. The highest BCUT2D eigenvalue weighted by molar-refractivity contribution is 7.97. The van der Waals surface area contributed by atoms with Crippen LogP contribution in [-0.2, 0) is 28.5 Å². The Morgan fingerprint density at radius 2 is 2.24 bits per heavy atom. The molecule has 1 atom stereocenters. The Morgan fingerprint density at radius 1 is 1.41 bits per heavy atom. The SMILES string of the molecule is CSCn1cc2c(n1)CN(c1ccc(N3C[C@H](CNC(C)=O)OC3=O)cc1F)C2. The summed E-state index contributed by atoms with van der Waals surface area (Å²) in [6.07, 6.45) is 3.03. The number of ether oxygens (including phenoxy) is 1. The van der Waals surface area contributed by atoms with Gasteiger partial charge < -0.3 is 15.0 Å². The summed E-state index contributed by atoms with van der Waals surface area (Å²) in [5, 5.41) is 7.17. The van der Waals surface area contributed by atoms with Crippen LogP contribution in [0.5, 0.6) is 0 Å². The van der Waals surface area contributed by atoms with E-state index in [9.17, 15) is 14.0 Å². The quantitative estimate of drug-likeness (QED) is 0.774. The number of carbonyl (C=O) groups is 2. The zero-order valence-corrected chi connectivity index (χ0v) is 17.0. The molecule has 2 amide bonds. The van der Waals surface area contributed by atoms with Crippen LogP contribution in [-0.4, -0.2) is 47.2 Å². The monoisotopic (exact) mass is 419 g/mol. The van der Waals surface area contributed by atoms with Crippen LogP contribution < -0.4 is 15.1 Å². The third-order valence-corrected chi connectivity index (χ3v) is 5.45. The van der Waals surface area contributed by atoms with E-state index in [4.69, 9.17) is 4.74 Å². The fraction of sp³-hybridized carbons (Fsp3) is 0.421. The normalized spacial score (nSPS) is 18.2. The van der Waals surface area contributed by atoms with Gasteiger partial charge in [0.2, 0.25) is 5.91 Å². The van der Waals surface area contributed by atoms with E-state index in [0.29, 0.717) is 24.5 Å². The van der Waals surface area contributed by atoms with Crippen molar-refractivity contribution in [1.29, 1.82) is 0 Å². The number of anilines is 2. The average molecular weight is 419 g/mol. The summed E-state index contributed by atoms with van der Waals surface area (Å²) >= 11 is 1.69. The van der Waals surface area contributed by atoms with Gasteiger partial charge in [0.05, 0.1) is 42.6 Å². The Morgan fingerprint density at radius 3 is 2.93 bits per heavy atom. The van der Waals surface area contributed by atoms with Gasteiger partial charge in [-0.05, 0) is 24.5 Å². The molecule has 0 radical (unpaired) electrons. The summed E-state index contributed by atoms with van der Waals surface area (Å²) < 4.78 is 22.0. The minimum absolute atomic E-state index is 0.193. The molecule has 1 aromatic carbocycles. The molecule has 1 fully saturated rings. The van der Waals surface area contributed by atoms with Crippen LogP contribution in [0.2, 0.25) is 0 Å². The van der Waals surface area contributed by atoms with Gasteiger partial charge in [-0.15, -0.1) is 11.8 Å². The molecule has 0 unspecified atom stereocenters. The van der Waals surface area contributed by atoms with Gasteiger partial charge in [0, 0.05) is 25.2 Å². The van der Waals surface area contributed by atoms with Gasteiger partial charge in [-0.25, -0.2) is 9.18 Å². The van der Waals surface area contributed by atoms with Gasteiger partial charge in [-0.3, -0.25) is 14.4 Å². The Bertz CT molecular complexity index is 926. The molecule has 0 saturated carbocycles. The van der Waals surface area contributed by atoms with E-state index in [1.807, 2.05) is 22.0 Å². The second-order valence-corrected chi connectivity index (χ2v) is 7.94. The number of aromatic nitrogens is 2. The van der Waals surface area contributed by atoms with Gasteiger partial charge in [0.1, 0.15) is 11.9 Å². The molecule has 4 rings (SSSR count). The topological polar surface area (TPSA) is 79.7 Å². The Labute approximate surface area is 172 Å². The Kier molecular flexibility index (Phi) is 5.35. The molecule has 154 valence electrons. The first kappa shape index (κ1) is 19.6. The summed E-state index contributed by atoms with van der Waals surface area (Å²) in [5.41, 5.74) is 2.98. The fourth-order valence-electron chi connectivity index (χ4n) is 3.60. The van der Waals surface area contributed by atoms with Crippen molar-refractivity contribution in [3.63, 3.8) is 0 Å². The van der Waals surface area contributed by atoms with Crippen molar-refractivity contribution in [2.24, 2.45) is 0 Å². The molecular formula is C19H22FN5O3S. The summed E-state index contributed by atoms with van der Waals surface area (Å²) in [4.78, 5) is 26.5. The number of carbonyl (C=O) groups excluding carboxylic acids is 2. The molecule has 2 aliphatic rings. The molecule has 1 aromatic heterocycles. The van der Waals surface area contributed by atoms with Gasteiger partial charge in [0.25, 0.3) is 0 Å².